The van der Waals surface area contributed by atoms with Crippen LogP contribution in [0.4, 0.5) is 0 Å². The Kier molecular flexibility index (Phi) is 7.18. The number of halogens is 1. The van der Waals surface area contributed by atoms with Crippen molar-refractivity contribution < 1.29 is 9.53 Å². The summed E-state index contributed by atoms with van der Waals surface area (Å²) in [5.74, 6) is 0.420. The van der Waals surface area contributed by atoms with Gasteiger partial charge in [0.1, 0.15) is 5.75 Å². The molecule has 0 bridgehead atoms. The number of amides is 1. The molecule has 0 radical (unpaired) electrons. The maximum atomic E-state index is 12.3. The van der Waals surface area contributed by atoms with Crippen LogP contribution in [0.2, 0.25) is 5.02 Å². The number of carbonyl (C=O) groups excluding carboxylic acids is 1. The van der Waals surface area contributed by atoms with E-state index < -0.39 is 0 Å². The van der Waals surface area contributed by atoms with Crippen LogP contribution >= 0.6 is 11.6 Å². The zero-order valence-electron chi connectivity index (χ0n) is 14.1. The second-order valence-electron chi connectivity index (χ2n) is 6.05. The van der Waals surface area contributed by atoms with Crippen LogP contribution in [0.15, 0.2) is 18.2 Å². The van der Waals surface area contributed by atoms with Gasteiger partial charge in [-0.2, -0.15) is 0 Å². The first kappa shape index (κ1) is 18.1. The minimum atomic E-state index is -0.130. The number of carbonyl (C=O) groups is 1. The van der Waals surface area contributed by atoms with Crippen molar-refractivity contribution in [1.29, 1.82) is 0 Å². The molecule has 0 aliphatic carbocycles. The molecule has 1 aromatic carbocycles. The van der Waals surface area contributed by atoms with E-state index in [4.69, 9.17) is 16.3 Å². The first-order valence-corrected chi connectivity index (χ1v) is 8.89. The van der Waals surface area contributed by atoms with Crippen molar-refractivity contribution >= 4 is 17.5 Å². The van der Waals surface area contributed by atoms with Gasteiger partial charge in [-0.05, 0) is 50.4 Å². The van der Waals surface area contributed by atoms with Crippen LogP contribution in [-0.4, -0.2) is 43.6 Å². The van der Waals surface area contributed by atoms with Gasteiger partial charge in [-0.1, -0.05) is 24.9 Å². The highest BCUT2D eigenvalue weighted by molar-refractivity contribution is 6.31. The largest absolute Gasteiger partial charge is 0.496 e. The Bertz CT molecular complexity index is 522. The molecule has 1 aliphatic rings. The smallest absolute Gasteiger partial charge is 0.255 e. The molecule has 23 heavy (non-hydrogen) atoms. The number of nitrogens with zero attached hydrogens (tertiary/aromatic N) is 1. The van der Waals surface area contributed by atoms with Crippen molar-refractivity contribution in [2.75, 3.05) is 26.7 Å². The lowest BCUT2D eigenvalue weighted by atomic mass is 10.00. The lowest BCUT2D eigenvalue weighted by Gasteiger charge is -2.35. The molecule has 1 N–H and O–H groups in total. The molecule has 1 aliphatic heterocycles. The third kappa shape index (κ3) is 5.11. The summed E-state index contributed by atoms with van der Waals surface area (Å²) in [6.07, 6.45) is 6.13. The van der Waals surface area contributed by atoms with Gasteiger partial charge in [-0.15, -0.1) is 0 Å². The number of benzene rings is 1. The fourth-order valence-corrected chi connectivity index (χ4v) is 3.43. The minimum Gasteiger partial charge on any atom is -0.496 e. The van der Waals surface area contributed by atoms with Gasteiger partial charge in [0.25, 0.3) is 5.91 Å². The number of hydrogen-bond donors (Lipinski definition) is 1. The van der Waals surface area contributed by atoms with Gasteiger partial charge in [-0.25, -0.2) is 0 Å². The molecule has 2 rings (SSSR count). The highest BCUT2D eigenvalue weighted by Crippen LogP contribution is 2.22. The predicted molar refractivity (Wildman–Crippen MR) is 94.5 cm³/mol. The summed E-state index contributed by atoms with van der Waals surface area (Å²) >= 11 is 5.97. The number of nitrogens with one attached hydrogen (secondary N) is 1. The third-order valence-electron chi connectivity index (χ3n) is 4.53. The van der Waals surface area contributed by atoms with Crippen molar-refractivity contribution in [3.05, 3.63) is 28.8 Å². The summed E-state index contributed by atoms with van der Waals surface area (Å²) < 4.78 is 5.22. The molecule has 0 aromatic heterocycles. The number of rotatable bonds is 7. The fourth-order valence-electron chi connectivity index (χ4n) is 3.25. The van der Waals surface area contributed by atoms with Crippen LogP contribution < -0.4 is 10.1 Å². The molecule has 0 spiro atoms. The molecule has 5 heteroatoms. The summed E-state index contributed by atoms with van der Waals surface area (Å²) in [6.45, 7) is 5.16. The van der Waals surface area contributed by atoms with E-state index in [1.165, 1.54) is 32.2 Å². The van der Waals surface area contributed by atoms with Crippen LogP contribution in [0, 0.1) is 0 Å². The van der Waals surface area contributed by atoms with Crippen LogP contribution in [0.1, 0.15) is 49.4 Å². The Morgan fingerprint density at radius 1 is 1.43 bits per heavy atom. The van der Waals surface area contributed by atoms with E-state index >= 15 is 0 Å². The lowest BCUT2D eigenvalue weighted by molar-refractivity contribution is 0.0944. The molecular weight excluding hydrogens is 312 g/mol. The molecule has 1 atom stereocenters. The van der Waals surface area contributed by atoms with Gasteiger partial charge in [0.15, 0.2) is 0 Å². The first-order valence-electron chi connectivity index (χ1n) is 8.51. The van der Waals surface area contributed by atoms with Crippen LogP contribution in [0.25, 0.3) is 0 Å². The van der Waals surface area contributed by atoms with E-state index in [0.717, 1.165) is 13.0 Å². The molecular formula is C18H27ClN2O2. The summed E-state index contributed by atoms with van der Waals surface area (Å²) in [7, 11) is 1.56. The molecule has 1 fully saturated rings. The number of piperidine rings is 1. The van der Waals surface area contributed by atoms with Gasteiger partial charge in [-0.3, -0.25) is 4.79 Å². The van der Waals surface area contributed by atoms with Crippen molar-refractivity contribution in [1.82, 2.24) is 10.2 Å². The molecule has 0 saturated carbocycles. The predicted octanol–water partition coefficient (Wildman–Crippen LogP) is 3.73. The van der Waals surface area contributed by atoms with E-state index in [1.807, 2.05) is 0 Å². The highest BCUT2D eigenvalue weighted by atomic mass is 35.5. The molecule has 1 saturated heterocycles. The van der Waals surface area contributed by atoms with Gasteiger partial charge >= 0.3 is 0 Å². The third-order valence-corrected chi connectivity index (χ3v) is 4.77. The molecule has 128 valence electrons. The second-order valence-corrected chi connectivity index (χ2v) is 6.48. The van der Waals surface area contributed by atoms with Gasteiger partial charge < -0.3 is 15.0 Å². The fraction of sp³-hybridized carbons (Fsp3) is 0.611. The van der Waals surface area contributed by atoms with Crippen molar-refractivity contribution in [2.24, 2.45) is 0 Å². The van der Waals surface area contributed by atoms with Gasteiger partial charge in [0.05, 0.1) is 12.7 Å². The summed E-state index contributed by atoms with van der Waals surface area (Å²) in [4.78, 5) is 14.8. The molecule has 4 nitrogen and oxygen atoms in total. The van der Waals surface area contributed by atoms with E-state index in [-0.39, 0.29) is 5.91 Å². The average Bonchev–Trinajstić information content (AvgIpc) is 2.58. The SMILES string of the molecule is CC[C@@H]1CCCCN1CCCNC(=O)c1cc(Cl)ccc1OC. The Hall–Kier alpha value is -1.26. The van der Waals surface area contributed by atoms with E-state index in [9.17, 15) is 4.79 Å². The van der Waals surface area contributed by atoms with E-state index in [0.29, 0.717) is 28.9 Å². The Morgan fingerprint density at radius 3 is 3.00 bits per heavy atom. The number of hydrogen-bond acceptors (Lipinski definition) is 3. The topological polar surface area (TPSA) is 41.6 Å². The maximum absolute atomic E-state index is 12.3. The van der Waals surface area contributed by atoms with Crippen LogP contribution in [0.5, 0.6) is 5.75 Å². The van der Waals surface area contributed by atoms with Crippen molar-refractivity contribution in [3.63, 3.8) is 0 Å². The maximum Gasteiger partial charge on any atom is 0.255 e. The monoisotopic (exact) mass is 338 g/mol. The van der Waals surface area contributed by atoms with E-state index in [1.54, 1.807) is 25.3 Å². The van der Waals surface area contributed by atoms with Crippen LogP contribution in [-0.2, 0) is 0 Å². The van der Waals surface area contributed by atoms with E-state index in [2.05, 4.69) is 17.1 Å². The second kappa shape index (κ2) is 9.14. The Morgan fingerprint density at radius 2 is 2.26 bits per heavy atom. The summed E-state index contributed by atoms with van der Waals surface area (Å²) in [5, 5.41) is 3.51. The van der Waals surface area contributed by atoms with Crippen LogP contribution in [0.3, 0.4) is 0 Å². The average molecular weight is 339 g/mol. The first-order chi connectivity index (χ1) is 11.2. The minimum absolute atomic E-state index is 0.130. The summed E-state index contributed by atoms with van der Waals surface area (Å²) in [5.41, 5.74) is 0.490. The molecule has 1 heterocycles. The normalized spacial score (nSPS) is 18.7. The van der Waals surface area contributed by atoms with Gasteiger partial charge in [0.2, 0.25) is 0 Å². The Labute approximate surface area is 144 Å². The highest BCUT2D eigenvalue weighted by Gasteiger charge is 2.20. The quantitative estimate of drug-likeness (QED) is 0.770. The molecule has 1 aromatic rings. The number of likely N-dealkylation sites (tertiary alicyclic amines) is 1. The lowest BCUT2D eigenvalue weighted by Crippen LogP contribution is -2.40. The van der Waals surface area contributed by atoms with Crippen molar-refractivity contribution in [2.45, 2.75) is 45.1 Å². The van der Waals surface area contributed by atoms with Crippen molar-refractivity contribution in [3.8, 4) is 5.75 Å². The summed E-state index contributed by atoms with van der Waals surface area (Å²) in [6, 6.07) is 5.80. The zero-order chi connectivity index (χ0) is 16.7. The standard InChI is InChI=1S/C18H27ClN2O2/c1-3-15-7-4-5-11-21(15)12-6-10-20-18(22)16-13-14(19)8-9-17(16)23-2/h8-9,13,15H,3-7,10-12H2,1-2H3,(H,20,22)/t15-/m1/s1. The molecule has 0 unspecified atom stereocenters. The molecule has 1 amide bonds. The number of methoxy groups -OCH3 is 1. The zero-order valence-corrected chi connectivity index (χ0v) is 14.9. The Balaban J connectivity index is 1.80. The van der Waals surface area contributed by atoms with Gasteiger partial charge in [0, 0.05) is 24.2 Å². The number of ether oxygens (including phenoxy) is 1.